The Kier molecular flexibility index (Phi) is 4.43. The van der Waals surface area contributed by atoms with Gasteiger partial charge >= 0.3 is 5.97 Å². The topological polar surface area (TPSA) is 55.4 Å². The number of esters is 1. The summed E-state index contributed by atoms with van der Waals surface area (Å²) >= 11 is 0. The minimum atomic E-state index is -0.446. The number of rotatable bonds is 5. The van der Waals surface area contributed by atoms with Crippen molar-refractivity contribution >= 4 is 11.9 Å². The molecule has 0 heterocycles. The number of nitrogens with one attached hydrogen (secondary N) is 1. The molecule has 0 aromatic heterocycles. The van der Waals surface area contributed by atoms with E-state index in [9.17, 15) is 9.59 Å². The number of carbonyl (C=O) groups is 2. The SMILES string of the molecule is CCOC(=O)CC(=O)NCC1CCC1. The largest absolute Gasteiger partial charge is 0.466 e. The zero-order valence-corrected chi connectivity index (χ0v) is 8.54. The Bertz CT molecular complexity index is 211. The summed E-state index contributed by atoms with van der Waals surface area (Å²) in [5.74, 6) is -0.0462. The molecule has 0 unspecified atom stereocenters. The molecule has 1 saturated carbocycles. The van der Waals surface area contributed by atoms with Crippen LogP contribution in [-0.4, -0.2) is 25.0 Å². The van der Waals surface area contributed by atoms with Crippen molar-refractivity contribution in [2.45, 2.75) is 32.6 Å². The third-order valence-corrected chi connectivity index (χ3v) is 2.42. The van der Waals surface area contributed by atoms with Crippen LogP contribution in [0.5, 0.6) is 0 Å². The summed E-state index contributed by atoms with van der Waals surface area (Å²) in [6.45, 7) is 2.76. The Morgan fingerprint density at radius 1 is 1.43 bits per heavy atom. The maximum absolute atomic E-state index is 11.2. The Balaban J connectivity index is 2.05. The molecule has 1 fully saturated rings. The first-order valence-electron chi connectivity index (χ1n) is 5.14. The van der Waals surface area contributed by atoms with Gasteiger partial charge in [0.05, 0.1) is 6.61 Å². The van der Waals surface area contributed by atoms with E-state index in [2.05, 4.69) is 10.1 Å². The van der Waals surface area contributed by atoms with Gasteiger partial charge in [-0.25, -0.2) is 0 Å². The van der Waals surface area contributed by atoms with Gasteiger partial charge < -0.3 is 10.1 Å². The van der Waals surface area contributed by atoms with Crippen molar-refractivity contribution in [1.82, 2.24) is 5.32 Å². The van der Waals surface area contributed by atoms with E-state index in [4.69, 9.17) is 0 Å². The molecule has 1 N–H and O–H groups in total. The quantitative estimate of drug-likeness (QED) is 0.527. The molecule has 4 heteroatoms. The van der Waals surface area contributed by atoms with Gasteiger partial charge in [-0.2, -0.15) is 0 Å². The molecule has 0 radical (unpaired) electrons. The molecule has 4 nitrogen and oxygen atoms in total. The summed E-state index contributed by atoms with van der Waals surface area (Å²) in [6, 6.07) is 0. The molecular formula is C10H17NO3. The highest BCUT2D eigenvalue weighted by atomic mass is 16.5. The summed E-state index contributed by atoms with van der Waals surface area (Å²) in [6.07, 6.45) is 3.50. The lowest BCUT2D eigenvalue weighted by Crippen LogP contribution is -2.33. The fourth-order valence-corrected chi connectivity index (χ4v) is 1.36. The molecule has 1 amide bonds. The van der Waals surface area contributed by atoms with E-state index in [0.717, 1.165) is 0 Å². The Labute approximate surface area is 84.0 Å². The molecule has 1 aliphatic rings. The highest BCUT2D eigenvalue weighted by Crippen LogP contribution is 2.25. The fourth-order valence-electron chi connectivity index (χ4n) is 1.36. The summed E-state index contributed by atoms with van der Waals surface area (Å²) < 4.78 is 4.66. The molecule has 1 aliphatic carbocycles. The van der Waals surface area contributed by atoms with Crippen LogP contribution in [0.2, 0.25) is 0 Å². The maximum Gasteiger partial charge on any atom is 0.315 e. The van der Waals surface area contributed by atoms with Gasteiger partial charge in [-0.1, -0.05) is 6.42 Å². The van der Waals surface area contributed by atoms with Crippen LogP contribution in [0.15, 0.2) is 0 Å². The van der Waals surface area contributed by atoms with E-state index >= 15 is 0 Å². The van der Waals surface area contributed by atoms with E-state index in [1.165, 1.54) is 19.3 Å². The maximum atomic E-state index is 11.2. The van der Waals surface area contributed by atoms with Gasteiger partial charge in [0.2, 0.25) is 5.91 Å². The molecule has 0 spiro atoms. The second kappa shape index (κ2) is 5.62. The van der Waals surface area contributed by atoms with Crippen LogP contribution in [0.3, 0.4) is 0 Å². The first-order valence-corrected chi connectivity index (χ1v) is 5.14. The van der Waals surface area contributed by atoms with Gasteiger partial charge in [-0.3, -0.25) is 9.59 Å². The molecule has 0 atom stereocenters. The van der Waals surface area contributed by atoms with Gasteiger partial charge in [-0.15, -0.1) is 0 Å². The minimum Gasteiger partial charge on any atom is -0.466 e. The standard InChI is InChI=1S/C10H17NO3/c1-2-14-10(13)6-9(12)11-7-8-4-3-5-8/h8H,2-7H2,1H3,(H,11,12). The first kappa shape index (κ1) is 11.0. The van der Waals surface area contributed by atoms with Crippen LogP contribution in [0.25, 0.3) is 0 Å². The van der Waals surface area contributed by atoms with Crippen molar-refractivity contribution in [2.24, 2.45) is 5.92 Å². The summed E-state index contributed by atoms with van der Waals surface area (Å²) in [5.41, 5.74) is 0. The third-order valence-electron chi connectivity index (χ3n) is 2.42. The number of amides is 1. The minimum absolute atomic E-state index is 0.152. The summed E-state index contributed by atoms with van der Waals surface area (Å²) in [4.78, 5) is 22.1. The summed E-state index contributed by atoms with van der Waals surface area (Å²) in [7, 11) is 0. The molecule has 14 heavy (non-hydrogen) atoms. The molecule has 0 bridgehead atoms. The van der Waals surface area contributed by atoms with Gasteiger partial charge in [0.15, 0.2) is 0 Å². The lowest BCUT2D eigenvalue weighted by molar-refractivity contribution is -0.146. The fraction of sp³-hybridized carbons (Fsp3) is 0.800. The van der Waals surface area contributed by atoms with Crippen LogP contribution in [0.4, 0.5) is 0 Å². The molecular weight excluding hydrogens is 182 g/mol. The second-order valence-electron chi connectivity index (χ2n) is 3.58. The zero-order valence-electron chi connectivity index (χ0n) is 8.54. The van der Waals surface area contributed by atoms with E-state index in [0.29, 0.717) is 19.1 Å². The molecule has 0 saturated heterocycles. The average molecular weight is 199 g/mol. The number of hydrogen-bond donors (Lipinski definition) is 1. The lowest BCUT2D eigenvalue weighted by atomic mass is 9.85. The van der Waals surface area contributed by atoms with E-state index in [1.807, 2.05) is 0 Å². The Hall–Kier alpha value is -1.06. The molecule has 1 rings (SSSR count). The molecule has 80 valence electrons. The lowest BCUT2D eigenvalue weighted by Gasteiger charge is -2.25. The van der Waals surface area contributed by atoms with Crippen molar-refractivity contribution in [2.75, 3.05) is 13.2 Å². The average Bonchev–Trinajstić information content (AvgIpc) is 2.01. The number of hydrogen-bond acceptors (Lipinski definition) is 3. The molecule has 0 aliphatic heterocycles. The van der Waals surface area contributed by atoms with E-state index in [-0.39, 0.29) is 12.3 Å². The highest BCUT2D eigenvalue weighted by molar-refractivity contribution is 5.94. The van der Waals surface area contributed by atoms with Crippen molar-refractivity contribution in [3.63, 3.8) is 0 Å². The third kappa shape index (κ3) is 3.77. The van der Waals surface area contributed by atoms with Crippen LogP contribution in [0, 0.1) is 5.92 Å². The van der Waals surface area contributed by atoms with Crippen molar-refractivity contribution < 1.29 is 14.3 Å². The van der Waals surface area contributed by atoms with Crippen molar-refractivity contribution in [1.29, 1.82) is 0 Å². The Morgan fingerprint density at radius 3 is 2.64 bits per heavy atom. The summed E-state index contributed by atoms with van der Waals surface area (Å²) in [5, 5.41) is 2.73. The monoisotopic (exact) mass is 199 g/mol. The van der Waals surface area contributed by atoms with Crippen molar-refractivity contribution in [3.05, 3.63) is 0 Å². The first-order chi connectivity index (χ1) is 6.72. The smallest absolute Gasteiger partial charge is 0.315 e. The number of ether oxygens (including phenoxy) is 1. The number of carbonyl (C=O) groups excluding carboxylic acids is 2. The van der Waals surface area contributed by atoms with Gasteiger partial charge in [-0.05, 0) is 25.7 Å². The van der Waals surface area contributed by atoms with Gasteiger partial charge in [0, 0.05) is 6.54 Å². The van der Waals surface area contributed by atoms with Crippen LogP contribution >= 0.6 is 0 Å². The van der Waals surface area contributed by atoms with E-state index in [1.54, 1.807) is 6.92 Å². The second-order valence-corrected chi connectivity index (χ2v) is 3.58. The highest BCUT2D eigenvalue weighted by Gasteiger charge is 2.18. The molecule has 0 aromatic carbocycles. The van der Waals surface area contributed by atoms with Crippen LogP contribution in [0.1, 0.15) is 32.6 Å². The van der Waals surface area contributed by atoms with E-state index < -0.39 is 5.97 Å². The van der Waals surface area contributed by atoms with Crippen molar-refractivity contribution in [3.8, 4) is 0 Å². The Morgan fingerprint density at radius 2 is 2.14 bits per heavy atom. The van der Waals surface area contributed by atoms with Gasteiger partial charge in [0.25, 0.3) is 0 Å². The molecule has 0 aromatic rings. The van der Waals surface area contributed by atoms with Crippen LogP contribution in [-0.2, 0) is 14.3 Å². The predicted octanol–water partition coefficient (Wildman–Crippen LogP) is 0.856. The normalized spacial score (nSPS) is 15.8. The predicted molar refractivity (Wildman–Crippen MR) is 51.6 cm³/mol. The van der Waals surface area contributed by atoms with Gasteiger partial charge in [0.1, 0.15) is 6.42 Å². The van der Waals surface area contributed by atoms with Crippen LogP contribution < -0.4 is 5.32 Å². The zero-order chi connectivity index (χ0) is 10.4.